The molecule has 0 fully saturated rings. The number of unbranched alkanes of at least 4 members (excludes halogenated alkanes) is 2. The second-order valence-corrected chi connectivity index (χ2v) is 14.9. The lowest BCUT2D eigenvalue weighted by molar-refractivity contribution is -0.137. The smallest absolute Gasteiger partial charge is 0.379 e. The van der Waals surface area contributed by atoms with Crippen LogP contribution in [0.3, 0.4) is 0 Å². The van der Waals surface area contributed by atoms with Gasteiger partial charge in [-0.25, -0.2) is 4.99 Å². The van der Waals surface area contributed by atoms with E-state index in [1.54, 1.807) is 0 Å². The van der Waals surface area contributed by atoms with Crippen molar-refractivity contribution in [3.05, 3.63) is 162 Å². The average Bonchev–Trinajstić information content (AvgIpc) is 3.52. The summed E-state index contributed by atoms with van der Waals surface area (Å²) in [5, 5.41) is 5.99. The van der Waals surface area contributed by atoms with E-state index in [1.807, 2.05) is 105 Å². The molecule has 5 aromatic rings. The quantitative estimate of drug-likeness (QED) is 0.0507. The van der Waals surface area contributed by atoms with Gasteiger partial charge in [0.25, 0.3) is 0 Å². The van der Waals surface area contributed by atoms with E-state index in [0.29, 0.717) is 17.0 Å². The zero-order valence-corrected chi connectivity index (χ0v) is 35.0. The summed E-state index contributed by atoms with van der Waals surface area (Å²) in [6.45, 7) is 19.3. The van der Waals surface area contributed by atoms with Crippen molar-refractivity contribution in [2.24, 2.45) is 4.99 Å². The topological polar surface area (TPSA) is 39.7 Å². The number of allylic oxidation sites excluding steroid dienone is 1. The molecule has 0 bridgehead atoms. The molecular weight excluding hydrogens is 771 g/mol. The number of aliphatic imine (C=N–C) groups is 1. The van der Waals surface area contributed by atoms with Gasteiger partial charge in [-0.2, -0.15) is 26.3 Å². The number of nitrogens with one attached hydrogen (secondary N) is 2. The van der Waals surface area contributed by atoms with Gasteiger partial charge in [0.1, 0.15) is 12.4 Å². The molecule has 1 aliphatic rings. The zero-order valence-electron chi connectivity index (χ0n) is 35.0. The van der Waals surface area contributed by atoms with Gasteiger partial charge in [-0.15, -0.1) is 0 Å². The molecule has 10 heteroatoms. The molecule has 4 nitrogen and oxygen atoms in total. The lowest BCUT2D eigenvalue weighted by Crippen LogP contribution is -2.39. The summed E-state index contributed by atoms with van der Waals surface area (Å²) in [4.78, 5) is 7.08. The SMILES string of the molecule is C=C(NCC(F)(F)F)C1(CCCCC)c2ccccc2-c2ccccc21.C=C(Nc1cccc(C)c1N=C(C)N(CC)CC)c1ccccc1-c1ccc(C(F)(F)F)cc1. The van der Waals surface area contributed by atoms with Crippen molar-refractivity contribution >= 4 is 22.9 Å². The van der Waals surface area contributed by atoms with Crippen LogP contribution in [0.1, 0.15) is 81.2 Å². The second kappa shape index (κ2) is 19.5. The molecule has 0 radical (unpaired) electrons. The van der Waals surface area contributed by atoms with Crippen molar-refractivity contribution in [1.29, 1.82) is 0 Å². The third kappa shape index (κ3) is 10.3. The number of aryl methyl sites for hydroxylation is 1. The second-order valence-electron chi connectivity index (χ2n) is 14.9. The van der Waals surface area contributed by atoms with Gasteiger partial charge in [0.2, 0.25) is 0 Å². The molecule has 2 N–H and O–H groups in total. The number of anilines is 1. The fraction of sp³-hybridized carbons (Fsp3) is 0.300. The lowest BCUT2D eigenvalue weighted by atomic mass is 9.72. The first-order chi connectivity index (χ1) is 28.5. The molecule has 316 valence electrons. The van der Waals surface area contributed by atoms with Crippen molar-refractivity contribution in [3.8, 4) is 22.3 Å². The number of halogens is 6. The first kappa shape index (κ1) is 45.3. The molecule has 60 heavy (non-hydrogen) atoms. The fourth-order valence-electron chi connectivity index (χ4n) is 7.96. The van der Waals surface area contributed by atoms with Crippen LogP contribution in [0.2, 0.25) is 0 Å². The first-order valence-corrected chi connectivity index (χ1v) is 20.4. The number of benzene rings is 5. The summed E-state index contributed by atoms with van der Waals surface area (Å²) in [7, 11) is 0. The van der Waals surface area contributed by atoms with Crippen LogP contribution in [-0.4, -0.2) is 36.5 Å². The Kier molecular flexibility index (Phi) is 14.7. The predicted molar refractivity (Wildman–Crippen MR) is 236 cm³/mol. The van der Waals surface area contributed by atoms with Gasteiger partial charge in [0.05, 0.1) is 22.4 Å². The number of hydrogen-bond acceptors (Lipinski definition) is 3. The molecule has 0 spiro atoms. The highest BCUT2D eigenvalue weighted by atomic mass is 19.4. The largest absolute Gasteiger partial charge is 0.416 e. The number of nitrogens with zero attached hydrogens (tertiary/aromatic N) is 2. The minimum Gasteiger partial charge on any atom is -0.379 e. The summed E-state index contributed by atoms with van der Waals surface area (Å²) in [5.41, 5.74) is 9.04. The number of fused-ring (bicyclic) bond motifs is 3. The van der Waals surface area contributed by atoms with Crippen LogP contribution in [0.25, 0.3) is 28.0 Å². The molecule has 6 rings (SSSR count). The fourth-order valence-corrected chi connectivity index (χ4v) is 7.96. The Balaban J connectivity index is 0.000000236. The van der Waals surface area contributed by atoms with Crippen LogP contribution in [0.15, 0.2) is 139 Å². The van der Waals surface area contributed by atoms with E-state index >= 15 is 0 Å². The molecule has 0 atom stereocenters. The van der Waals surface area contributed by atoms with Crippen LogP contribution in [0.4, 0.5) is 37.7 Å². The minimum atomic E-state index is -4.37. The van der Waals surface area contributed by atoms with Crippen molar-refractivity contribution < 1.29 is 26.3 Å². The number of rotatable bonds is 14. The van der Waals surface area contributed by atoms with E-state index in [4.69, 9.17) is 4.99 Å². The summed E-state index contributed by atoms with van der Waals surface area (Å²) in [6.07, 6.45) is -4.86. The molecular formula is C50H54F6N4. The van der Waals surface area contributed by atoms with Crippen LogP contribution in [0, 0.1) is 6.92 Å². The minimum absolute atomic E-state index is 0.434. The zero-order chi connectivity index (χ0) is 43.7. The molecule has 0 amide bonds. The molecule has 0 saturated carbocycles. The number of hydrogen-bond donors (Lipinski definition) is 2. The first-order valence-electron chi connectivity index (χ1n) is 20.4. The Hall–Kier alpha value is -5.77. The van der Waals surface area contributed by atoms with Crippen molar-refractivity contribution in [1.82, 2.24) is 10.2 Å². The summed E-state index contributed by atoms with van der Waals surface area (Å²) in [5.74, 6) is 0.929. The Morgan fingerprint density at radius 3 is 1.82 bits per heavy atom. The molecule has 1 aliphatic carbocycles. The number of amidine groups is 1. The van der Waals surface area contributed by atoms with E-state index in [-0.39, 0.29) is 0 Å². The monoisotopic (exact) mass is 824 g/mol. The van der Waals surface area contributed by atoms with E-state index in [0.717, 1.165) is 107 Å². The third-order valence-electron chi connectivity index (χ3n) is 11.0. The highest BCUT2D eigenvalue weighted by molar-refractivity contribution is 5.91. The Morgan fingerprint density at radius 1 is 0.700 bits per heavy atom. The Bertz CT molecular complexity index is 2240. The van der Waals surface area contributed by atoms with Gasteiger partial charge >= 0.3 is 12.4 Å². The molecule has 0 aromatic heterocycles. The molecule has 5 aromatic carbocycles. The van der Waals surface area contributed by atoms with Gasteiger partial charge in [-0.3, -0.25) is 0 Å². The normalized spacial score (nSPS) is 13.1. The van der Waals surface area contributed by atoms with E-state index < -0.39 is 29.9 Å². The van der Waals surface area contributed by atoms with Crippen LogP contribution < -0.4 is 10.6 Å². The Labute approximate surface area is 350 Å². The maximum Gasteiger partial charge on any atom is 0.416 e. The molecule has 0 aliphatic heterocycles. The highest BCUT2D eigenvalue weighted by Crippen LogP contribution is 2.54. The van der Waals surface area contributed by atoms with Gasteiger partial charge < -0.3 is 15.5 Å². The van der Waals surface area contributed by atoms with Crippen LogP contribution >= 0.6 is 0 Å². The number of para-hydroxylation sites is 1. The maximum atomic E-state index is 13.0. The van der Waals surface area contributed by atoms with Gasteiger partial charge in [-0.1, -0.05) is 136 Å². The van der Waals surface area contributed by atoms with Gasteiger partial charge in [0, 0.05) is 30.0 Å². The third-order valence-corrected chi connectivity index (χ3v) is 11.0. The molecule has 0 heterocycles. The summed E-state index contributed by atoms with van der Waals surface area (Å²) in [6, 6.07) is 34.7. The lowest BCUT2D eigenvalue weighted by Gasteiger charge is -2.35. The van der Waals surface area contributed by atoms with E-state index in [2.05, 4.69) is 49.5 Å². The van der Waals surface area contributed by atoms with Crippen molar-refractivity contribution in [3.63, 3.8) is 0 Å². The van der Waals surface area contributed by atoms with Gasteiger partial charge in [-0.05, 0) is 91.3 Å². The van der Waals surface area contributed by atoms with Crippen molar-refractivity contribution in [2.45, 2.75) is 78.1 Å². The molecule has 0 unspecified atom stereocenters. The van der Waals surface area contributed by atoms with Crippen LogP contribution in [-0.2, 0) is 11.6 Å². The summed E-state index contributed by atoms with van der Waals surface area (Å²) >= 11 is 0. The van der Waals surface area contributed by atoms with Crippen molar-refractivity contribution in [2.75, 3.05) is 25.0 Å². The van der Waals surface area contributed by atoms with E-state index in [9.17, 15) is 26.3 Å². The maximum absolute atomic E-state index is 13.0. The molecule has 0 saturated heterocycles. The van der Waals surface area contributed by atoms with Gasteiger partial charge in [0.15, 0.2) is 0 Å². The predicted octanol–water partition coefficient (Wildman–Crippen LogP) is 14.4. The van der Waals surface area contributed by atoms with E-state index in [1.165, 1.54) is 12.1 Å². The average molecular weight is 825 g/mol. The summed E-state index contributed by atoms with van der Waals surface area (Å²) < 4.78 is 77.4. The highest BCUT2D eigenvalue weighted by Gasteiger charge is 2.45. The van der Waals surface area contributed by atoms with Crippen LogP contribution in [0.5, 0.6) is 0 Å². The standard InChI is InChI=1S/C28H30F3N3.C22H24F3N/c1-6-34(7-2)21(5)33-27-19(3)11-10-14-26(27)32-20(4)24-12-8-9-13-25(24)22-15-17-23(18-16-22)28(29,30)31;1-3-4-9-14-21(16(2)26-15-22(23,24)25)19-12-7-5-10-17(19)18-11-6-8-13-20(18)21/h8-18,32H,4,6-7H2,1-3,5H3;5-8,10-13,26H,2-4,9,14-15H2,1H3. The number of alkyl halides is 6. The Morgan fingerprint density at radius 2 is 1.27 bits per heavy atom.